The first-order valence-corrected chi connectivity index (χ1v) is 8.47. The first kappa shape index (κ1) is 17.3. The third-order valence-electron chi connectivity index (χ3n) is 4.91. The summed E-state index contributed by atoms with van der Waals surface area (Å²) in [6, 6.07) is 4.62. The highest BCUT2D eigenvalue weighted by atomic mass is 19.1. The summed E-state index contributed by atoms with van der Waals surface area (Å²) in [5, 5.41) is 1.30. The Morgan fingerprint density at radius 3 is 2.58 bits per heavy atom. The molecule has 0 aromatic heterocycles. The van der Waals surface area contributed by atoms with Crippen LogP contribution in [0.5, 0.6) is 0 Å². The molecule has 2 fully saturated rings. The monoisotopic (exact) mass is 338 g/mol. The van der Waals surface area contributed by atoms with Gasteiger partial charge in [-0.15, -0.1) is 5.06 Å². The van der Waals surface area contributed by atoms with E-state index in [4.69, 9.17) is 4.84 Å². The summed E-state index contributed by atoms with van der Waals surface area (Å²) in [6.07, 6.45) is 2.39. The average Bonchev–Trinajstić information content (AvgIpc) is 2.98. The van der Waals surface area contributed by atoms with Crippen LogP contribution in [0.4, 0.5) is 8.78 Å². The summed E-state index contributed by atoms with van der Waals surface area (Å²) in [6.45, 7) is 2.55. The number of hydroxylamine groups is 2. The number of benzene rings is 1. The van der Waals surface area contributed by atoms with Gasteiger partial charge in [0.25, 0.3) is 0 Å². The molecule has 1 aromatic carbocycles. The number of halogens is 2. The predicted molar refractivity (Wildman–Crippen MR) is 86.2 cm³/mol. The topological polar surface area (TPSA) is 32.8 Å². The molecule has 24 heavy (non-hydrogen) atoms. The van der Waals surface area contributed by atoms with Crippen molar-refractivity contribution in [3.05, 3.63) is 35.1 Å². The van der Waals surface area contributed by atoms with Crippen molar-refractivity contribution in [2.75, 3.05) is 27.2 Å². The van der Waals surface area contributed by atoms with Gasteiger partial charge < -0.3 is 4.84 Å². The van der Waals surface area contributed by atoms with E-state index in [1.165, 1.54) is 11.1 Å². The number of hydrogen-bond acceptors (Lipinski definition) is 4. The summed E-state index contributed by atoms with van der Waals surface area (Å²) in [7, 11) is 3.21. The Balaban J connectivity index is 1.63. The van der Waals surface area contributed by atoms with Crippen LogP contribution in [0.15, 0.2) is 18.2 Å². The summed E-state index contributed by atoms with van der Waals surface area (Å²) in [5.74, 6) is -1.26. The van der Waals surface area contributed by atoms with Gasteiger partial charge in [-0.1, -0.05) is 12.1 Å². The number of nitrogens with zero attached hydrogens (tertiary/aromatic N) is 2. The first-order valence-electron chi connectivity index (χ1n) is 8.47. The van der Waals surface area contributed by atoms with E-state index >= 15 is 0 Å². The molecule has 0 radical (unpaired) electrons. The Kier molecular flexibility index (Phi) is 4.88. The van der Waals surface area contributed by atoms with Crippen molar-refractivity contribution in [2.45, 2.75) is 37.9 Å². The summed E-state index contributed by atoms with van der Waals surface area (Å²) in [4.78, 5) is 18.9. The van der Waals surface area contributed by atoms with Crippen molar-refractivity contribution in [3.8, 4) is 0 Å². The highest BCUT2D eigenvalue weighted by molar-refractivity contribution is 5.74. The van der Waals surface area contributed by atoms with Crippen LogP contribution < -0.4 is 0 Å². The molecule has 1 aliphatic carbocycles. The molecule has 3 rings (SSSR count). The maximum Gasteiger partial charge on any atom is 0.328 e. The molecule has 0 bridgehead atoms. The van der Waals surface area contributed by atoms with Crippen molar-refractivity contribution >= 4 is 5.97 Å². The highest BCUT2D eigenvalue weighted by Gasteiger charge is 2.50. The molecule has 0 spiro atoms. The SMILES string of the molecule is CN(C)OC(=O)C1CC(F)(c2ccc(CN3CCCC3)c(F)c2)C1. The maximum absolute atomic E-state index is 14.9. The zero-order valence-electron chi connectivity index (χ0n) is 14.2. The zero-order chi connectivity index (χ0) is 17.3. The fraction of sp³-hybridized carbons (Fsp3) is 0.611. The second-order valence-corrected chi connectivity index (χ2v) is 7.08. The zero-order valence-corrected chi connectivity index (χ0v) is 14.2. The summed E-state index contributed by atoms with van der Waals surface area (Å²) >= 11 is 0. The van der Waals surface area contributed by atoms with Crippen LogP contribution in [0.3, 0.4) is 0 Å². The maximum atomic E-state index is 14.9. The lowest BCUT2D eigenvalue weighted by molar-refractivity contribution is -0.193. The Labute approximate surface area is 141 Å². The predicted octanol–water partition coefficient (Wildman–Crippen LogP) is 3.02. The largest absolute Gasteiger partial charge is 0.368 e. The minimum atomic E-state index is -1.64. The van der Waals surface area contributed by atoms with Gasteiger partial charge in [-0.2, -0.15) is 0 Å². The molecule has 0 atom stereocenters. The van der Waals surface area contributed by atoms with Crippen molar-refractivity contribution in [1.82, 2.24) is 9.96 Å². The van der Waals surface area contributed by atoms with Gasteiger partial charge >= 0.3 is 5.97 Å². The van der Waals surface area contributed by atoms with E-state index in [1.54, 1.807) is 26.2 Å². The molecule has 1 saturated carbocycles. The quantitative estimate of drug-likeness (QED) is 0.773. The number of hydrogen-bond donors (Lipinski definition) is 0. The lowest BCUT2D eigenvalue weighted by atomic mass is 9.68. The molecule has 0 unspecified atom stereocenters. The van der Waals surface area contributed by atoms with Crippen LogP contribution >= 0.6 is 0 Å². The van der Waals surface area contributed by atoms with Gasteiger partial charge in [-0.25, -0.2) is 8.78 Å². The second-order valence-electron chi connectivity index (χ2n) is 7.08. The lowest BCUT2D eigenvalue weighted by Crippen LogP contribution is -2.43. The molecule has 6 heteroatoms. The number of carbonyl (C=O) groups excluding carboxylic acids is 1. The molecular formula is C18H24F2N2O2. The average molecular weight is 338 g/mol. The standard InChI is InChI=1S/C18H24F2N2O2/c1-21(2)24-17(23)14-10-18(20,11-14)15-6-5-13(16(19)9-15)12-22-7-3-4-8-22/h5-6,9,14H,3-4,7-8,10-12H2,1-2H3. The molecule has 1 heterocycles. The molecular weight excluding hydrogens is 314 g/mol. The smallest absolute Gasteiger partial charge is 0.328 e. The van der Waals surface area contributed by atoms with E-state index < -0.39 is 17.6 Å². The van der Waals surface area contributed by atoms with Crippen LogP contribution in [-0.2, 0) is 21.8 Å². The van der Waals surface area contributed by atoms with Crippen LogP contribution in [0.1, 0.15) is 36.8 Å². The minimum Gasteiger partial charge on any atom is -0.368 e. The molecule has 1 saturated heterocycles. The Morgan fingerprint density at radius 1 is 1.33 bits per heavy atom. The van der Waals surface area contributed by atoms with Gasteiger partial charge in [-0.05, 0) is 50.4 Å². The second kappa shape index (κ2) is 6.76. The Hall–Kier alpha value is -1.53. The van der Waals surface area contributed by atoms with Crippen LogP contribution in [-0.4, -0.2) is 43.1 Å². The van der Waals surface area contributed by atoms with Gasteiger partial charge in [0.1, 0.15) is 11.5 Å². The normalized spacial score (nSPS) is 27.3. The van der Waals surface area contributed by atoms with Gasteiger partial charge in [0.05, 0.1) is 5.92 Å². The number of likely N-dealkylation sites (tertiary alicyclic amines) is 1. The molecule has 1 aromatic rings. The van der Waals surface area contributed by atoms with Crippen molar-refractivity contribution in [2.24, 2.45) is 5.92 Å². The van der Waals surface area contributed by atoms with E-state index in [9.17, 15) is 13.6 Å². The van der Waals surface area contributed by atoms with Gasteiger partial charge in [0, 0.05) is 26.2 Å². The van der Waals surface area contributed by atoms with Gasteiger partial charge in [-0.3, -0.25) is 9.69 Å². The molecule has 0 N–H and O–H groups in total. The first-order chi connectivity index (χ1) is 11.4. The lowest BCUT2D eigenvalue weighted by Gasteiger charge is -2.40. The number of rotatable bonds is 5. The Morgan fingerprint density at radius 2 is 2.00 bits per heavy atom. The Bertz CT molecular complexity index is 609. The highest BCUT2D eigenvalue weighted by Crippen LogP contribution is 2.49. The minimum absolute atomic E-state index is 0.0462. The summed E-state index contributed by atoms with van der Waals surface area (Å²) < 4.78 is 29.2. The molecule has 132 valence electrons. The van der Waals surface area contributed by atoms with Crippen molar-refractivity contribution in [1.29, 1.82) is 0 Å². The van der Waals surface area contributed by atoms with E-state index in [1.807, 2.05) is 0 Å². The fourth-order valence-electron chi connectivity index (χ4n) is 3.51. The third-order valence-corrected chi connectivity index (χ3v) is 4.91. The van der Waals surface area contributed by atoms with Crippen LogP contribution in [0.2, 0.25) is 0 Å². The van der Waals surface area contributed by atoms with Gasteiger partial charge in [0.2, 0.25) is 0 Å². The molecule has 1 aliphatic heterocycles. The summed E-state index contributed by atoms with van der Waals surface area (Å²) in [5.41, 5.74) is -0.713. The molecule has 2 aliphatic rings. The molecule has 4 nitrogen and oxygen atoms in total. The molecule has 0 amide bonds. The van der Waals surface area contributed by atoms with Crippen molar-refractivity contribution < 1.29 is 18.4 Å². The van der Waals surface area contributed by atoms with E-state index in [0.717, 1.165) is 25.9 Å². The van der Waals surface area contributed by atoms with Crippen LogP contribution in [0, 0.1) is 11.7 Å². The third kappa shape index (κ3) is 3.59. The van der Waals surface area contributed by atoms with E-state index in [-0.39, 0.29) is 18.7 Å². The van der Waals surface area contributed by atoms with Gasteiger partial charge in [0.15, 0.2) is 0 Å². The number of alkyl halides is 1. The fourth-order valence-corrected chi connectivity index (χ4v) is 3.51. The van der Waals surface area contributed by atoms with E-state index in [2.05, 4.69) is 4.90 Å². The number of carbonyl (C=O) groups is 1. The van der Waals surface area contributed by atoms with E-state index in [0.29, 0.717) is 17.7 Å². The van der Waals surface area contributed by atoms with Crippen molar-refractivity contribution in [3.63, 3.8) is 0 Å². The van der Waals surface area contributed by atoms with Crippen LogP contribution in [0.25, 0.3) is 0 Å².